The first-order valence-corrected chi connectivity index (χ1v) is 19.8. The van der Waals surface area contributed by atoms with Gasteiger partial charge in [0.1, 0.15) is 12.1 Å². The van der Waals surface area contributed by atoms with Crippen molar-refractivity contribution in [1.82, 2.24) is 10.2 Å². The lowest BCUT2D eigenvalue weighted by atomic mass is 10.1. The van der Waals surface area contributed by atoms with Crippen LogP contribution in [0.4, 0.5) is 0 Å². The number of carbonyl (C=O) groups is 2. The summed E-state index contributed by atoms with van der Waals surface area (Å²) < 4.78 is 14.0. The topological polar surface area (TPSA) is 67.9 Å². The maximum absolute atomic E-state index is 14.0. The number of nitrogens with one attached hydrogen (secondary N) is 1. The third-order valence-electron chi connectivity index (χ3n) is 8.74. The Morgan fingerprint density at radius 1 is 0.821 bits per heavy atom. The summed E-state index contributed by atoms with van der Waals surface area (Å²) in [7, 11) is -4.58. The Bertz CT molecular complexity index is 1120. The summed E-state index contributed by atoms with van der Waals surface area (Å²) in [6.07, 6.45) is -0.969. The molecule has 2 amide bonds. The molecule has 0 spiro atoms. The minimum absolute atomic E-state index is 0.0313. The van der Waals surface area contributed by atoms with E-state index in [-0.39, 0.29) is 21.9 Å². The van der Waals surface area contributed by atoms with Crippen molar-refractivity contribution >= 4 is 28.4 Å². The van der Waals surface area contributed by atoms with Gasteiger partial charge in [-0.3, -0.25) is 9.59 Å². The molecule has 8 heteroatoms. The van der Waals surface area contributed by atoms with Crippen molar-refractivity contribution in [2.45, 2.75) is 103 Å². The van der Waals surface area contributed by atoms with E-state index in [1.165, 1.54) is 0 Å². The molecule has 214 valence electrons. The van der Waals surface area contributed by atoms with E-state index in [0.29, 0.717) is 18.7 Å². The summed E-state index contributed by atoms with van der Waals surface area (Å²) >= 11 is 0. The van der Waals surface area contributed by atoms with E-state index in [4.69, 9.17) is 8.85 Å². The highest BCUT2D eigenvalue weighted by Crippen LogP contribution is 2.43. The fraction of sp³-hybridized carbons (Fsp3) is 0.548. The Hall–Kier alpha value is -2.27. The van der Waals surface area contributed by atoms with E-state index < -0.39 is 34.9 Å². The van der Waals surface area contributed by atoms with Crippen molar-refractivity contribution in [3.8, 4) is 0 Å². The molecule has 1 aliphatic rings. The molecule has 0 radical (unpaired) electrons. The molecular weight excluding hydrogens is 521 g/mol. The van der Waals surface area contributed by atoms with Crippen molar-refractivity contribution in [3.63, 3.8) is 0 Å². The second-order valence-corrected chi connectivity index (χ2v) is 23.2. The average Bonchev–Trinajstić information content (AvgIpc) is 3.18. The van der Waals surface area contributed by atoms with Gasteiger partial charge >= 0.3 is 0 Å². The molecule has 1 fully saturated rings. The maximum Gasteiger partial charge on any atom is 0.254 e. The Morgan fingerprint density at radius 3 is 1.82 bits per heavy atom. The molecule has 0 aromatic heterocycles. The van der Waals surface area contributed by atoms with Gasteiger partial charge in [-0.2, -0.15) is 0 Å². The van der Waals surface area contributed by atoms with Gasteiger partial charge in [0.25, 0.3) is 5.91 Å². The summed E-state index contributed by atoms with van der Waals surface area (Å²) in [4.78, 5) is 29.6. The van der Waals surface area contributed by atoms with E-state index in [0.717, 1.165) is 5.56 Å². The van der Waals surface area contributed by atoms with Gasteiger partial charge in [-0.15, -0.1) is 0 Å². The predicted molar refractivity (Wildman–Crippen MR) is 164 cm³/mol. The third-order valence-corrected chi connectivity index (χ3v) is 17.7. The van der Waals surface area contributed by atoms with Crippen LogP contribution in [0.1, 0.15) is 57.5 Å². The SMILES string of the molecule is CC(C)(C)[Si](C)(C)O[C@H]1CN(C(=O)c2ccccc2)C(C(=O)NCc2ccccc2)[C@@H]1O[Si](C)(C)C(C)(C)C. The summed E-state index contributed by atoms with van der Waals surface area (Å²) in [5, 5.41) is 3.00. The first kappa shape index (κ1) is 31.3. The molecule has 3 rings (SSSR count). The number of hydrogen-bond donors (Lipinski definition) is 1. The Morgan fingerprint density at radius 2 is 1.31 bits per heavy atom. The van der Waals surface area contributed by atoms with Crippen molar-refractivity contribution in [2.75, 3.05) is 6.54 Å². The Kier molecular flexibility index (Phi) is 9.37. The van der Waals surface area contributed by atoms with Crippen LogP contribution in [0.3, 0.4) is 0 Å². The number of nitrogens with zero attached hydrogens (tertiary/aromatic N) is 1. The molecule has 2 aromatic rings. The number of carbonyl (C=O) groups excluding carboxylic acids is 2. The van der Waals surface area contributed by atoms with Crippen LogP contribution in [-0.4, -0.2) is 58.1 Å². The number of amides is 2. The average molecular weight is 569 g/mol. The molecule has 1 aliphatic heterocycles. The Balaban J connectivity index is 2.05. The predicted octanol–water partition coefficient (Wildman–Crippen LogP) is 6.61. The fourth-order valence-corrected chi connectivity index (χ4v) is 6.88. The standard InChI is InChI=1S/C31H48N2O4Si2/c1-30(2,3)38(7,8)36-25-22-33(29(35)24-19-15-12-16-20-24)26(27(25)37-39(9,10)31(4,5)6)28(34)32-21-23-17-13-11-14-18-23/h11-20,25-27H,21-22H2,1-10H3,(H,32,34)/t25-,26?,27+/m0/s1. The van der Waals surface area contributed by atoms with Gasteiger partial charge in [0.2, 0.25) is 5.91 Å². The maximum atomic E-state index is 14.0. The van der Waals surface area contributed by atoms with E-state index in [2.05, 4.69) is 73.0 Å². The van der Waals surface area contributed by atoms with E-state index in [1.807, 2.05) is 48.5 Å². The van der Waals surface area contributed by atoms with Crippen molar-refractivity contribution in [3.05, 3.63) is 71.8 Å². The van der Waals surface area contributed by atoms with Gasteiger partial charge in [0.05, 0.1) is 6.10 Å². The number of rotatable bonds is 8. The minimum atomic E-state index is -2.33. The van der Waals surface area contributed by atoms with Gasteiger partial charge in [-0.05, 0) is 54.0 Å². The molecule has 39 heavy (non-hydrogen) atoms. The summed E-state index contributed by atoms with van der Waals surface area (Å²) in [6, 6.07) is 18.2. The van der Waals surface area contributed by atoms with Gasteiger partial charge in [-0.1, -0.05) is 90.1 Å². The van der Waals surface area contributed by atoms with Crippen LogP contribution in [0.25, 0.3) is 0 Å². The van der Waals surface area contributed by atoms with E-state index in [9.17, 15) is 9.59 Å². The summed E-state index contributed by atoms with van der Waals surface area (Å²) in [5.74, 6) is -0.395. The molecule has 0 saturated carbocycles. The van der Waals surface area contributed by atoms with Gasteiger partial charge in [0, 0.05) is 18.7 Å². The normalized spacial score (nSPS) is 20.7. The lowest BCUT2D eigenvalue weighted by Crippen LogP contribution is -2.56. The quantitative estimate of drug-likeness (QED) is 0.364. The highest BCUT2D eigenvalue weighted by atomic mass is 28.4. The van der Waals surface area contributed by atoms with Crippen LogP contribution >= 0.6 is 0 Å². The van der Waals surface area contributed by atoms with E-state index >= 15 is 0 Å². The summed E-state index contributed by atoms with van der Waals surface area (Å²) in [5.41, 5.74) is 1.55. The lowest BCUT2D eigenvalue weighted by molar-refractivity contribution is -0.127. The van der Waals surface area contributed by atoms with Gasteiger partial charge < -0.3 is 19.1 Å². The minimum Gasteiger partial charge on any atom is -0.409 e. The summed E-state index contributed by atoms with van der Waals surface area (Å²) in [6.45, 7) is 22.7. The molecular formula is C31H48N2O4Si2. The van der Waals surface area contributed by atoms with Crippen LogP contribution in [-0.2, 0) is 20.2 Å². The van der Waals surface area contributed by atoms with Crippen LogP contribution < -0.4 is 5.32 Å². The van der Waals surface area contributed by atoms with Crippen LogP contribution in [0.5, 0.6) is 0 Å². The molecule has 1 heterocycles. The second-order valence-electron chi connectivity index (χ2n) is 13.7. The number of hydrogen-bond acceptors (Lipinski definition) is 4. The number of benzene rings is 2. The molecule has 1 saturated heterocycles. The number of likely N-dealkylation sites (tertiary alicyclic amines) is 1. The van der Waals surface area contributed by atoms with Gasteiger partial charge in [-0.25, -0.2) is 0 Å². The van der Waals surface area contributed by atoms with Crippen molar-refractivity contribution in [2.24, 2.45) is 0 Å². The lowest BCUT2D eigenvalue weighted by Gasteiger charge is -2.43. The molecule has 2 aromatic carbocycles. The fourth-order valence-electron chi connectivity index (χ4n) is 4.24. The largest absolute Gasteiger partial charge is 0.409 e. The monoisotopic (exact) mass is 568 g/mol. The molecule has 3 atom stereocenters. The molecule has 1 N–H and O–H groups in total. The Labute approximate surface area is 237 Å². The smallest absolute Gasteiger partial charge is 0.254 e. The zero-order chi connectivity index (χ0) is 29.2. The van der Waals surface area contributed by atoms with Crippen LogP contribution in [0.2, 0.25) is 36.3 Å². The van der Waals surface area contributed by atoms with Crippen molar-refractivity contribution < 1.29 is 18.4 Å². The third kappa shape index (κ3) is 7.28. The zero-order valence-electron chi connectivity index (χ0n) is 25.5. The first-order chi connectivity index (χ1) is 17.9. The molecule has 6 nitrogen and oxygen atoms in total. The highest BCUT2D eigenvalue weighted by molar-refractivity contribution is 6.74. The molecule has 0 bridgehead atoms. The second kappa shape index (κ2) is 11.7. The van der Waals surface area contributed by atoms with Crippen LogP contribution in [0, 0.1) is 0 Å². The first-order valence-electron chi connectivity index (χ1n) is 14.0. The molecule has 1 unspecified atom stereocenters. The zero-order valence-corrected chi connectivity index (χ0v) is 27.5. The molecule has 0 aliphatic carbocycles. The highest BCUT2D eigenvalue weighted by Gasteiger charge is 2.55. The van der Waals surface area contributed by atoms with Crippen molar-refractivity contribution in [1.29, 1.82) is 0 Å². The van der Waals surface area contributed by atoms with Gasteiger partial charge in [0.15, 0.2) is 16.6 Å². The van der Waals surface area contributed by atoms with Crippen LogP contribution in [0.15, 0.2) is 60.7 Å². The van der Waals surface area contributed by atoms with E-state index in [1.54, 1.807) is 17.0 Å².